The van der Waals surface area contributed by atoms with Crippen LogP contribution in [-0.4, -0.2) is 28.6 Å². The highest BCUT2D eigenvalue weighted by molar-refractivity contribution is 8.00. The summed E-state index contributed by atoms with van der Waals surface area (Å²) >= 11 is 1.40. The molecule has 0 aliphatic carbocycles. The van der Waals surface area contributed by atoms with Crippen LogP contribution in [0.3, 0.4) is 0 Å². The number of fused-ring (bicyclic) bond motifs is 1. The number of carboxylic acids is 1. The summed E-state index contributed by atoms with van der Waals surface area (Å²) in [5.41, 5.74) is 3.92. The Morgan fingerprint density at radius 1 is 0.829 bits per heavy atom. The van der Waals surface area contributed by atoms with Crippen LogP contribution in [0.4, 0.5) is 11.4 Å². The number of nitrogens with one attached hydrogen (secondary N) is 2. The second-order valence-corrected chi connectivity index (χ2v) is 9.20. The number of carbonyl (C=O) groups excluding carboxylic acids is 2. The van der Waals surface area contributed by atoms with Crippen LogP contribution in [0.1, 0.15) is 31.8 Å². The Bertz CT molecular complexity index is 1430. The molecule has 0 saturated heterocycles. The first kappa shape index (κ1) is 24.0. The number of aryl methyl sites for hydroxylation is 2. The molecule has 7 heteroatoms. The average Bonchev–Trinajstić information content (AvgIpc) is 2.84. The van der Waals surface area contributed by atoms with Crippen molar-refractivity contribution in [2.75, 3.05) is 16.4 Å². The van der Waals surface area contributed by atoms with Crippen molar-refractivity contribution in [1.82, 2.24) is 0 Å². The highest BCUT2D eigenvalue weighted by Crippen LogP contribution is 2.26. The molecule has 0 fully saturated rings. The van der Waals surface area contributed by atoms with E-state index >= 15 is 0 Å². The predicted octanol–water partition coefficient (Wildman–Crippen LogP) is 6.14. The lowest BCUT2D eigenvalue weighted by atomic mass is 9.98. The average molecular weight is 485 g/mol. The molecular weight excluding hydrogens is 460 g/mol. The van der Waals surface area contributed by atoms with Gasteiger partial charge in [0.25, 0.3) is 5.91 Å². The van der Waals surface area contributed by atoms with Crippen LogP contribution in [0.25, 0.3) is 10.8 Å². The fraction of sp³-hybridized carbons (Fsp3) is 0.107. The van der Waals surface area contributed by atoms with Crippen molar-refractivity contribution < 1.29 is 19.5 Å². The van der Waals surface area contributed by atoms with Gasteiger partial charge in [-0.2, -0.15) is 0 Å². The number of amides is 2. The number of hydrogen-bond acceptors (Lipinski definition) is 4. The number of carbonyl (C=O) groups is 3. The second kappa shape index (κ2) is 10.4. The van der Waals surface area contributed by atoms with Crippen LogP contribution in [0.2, 0.25) is 0 Å². The zero-order chi connectivity index (χ0) is 24.9. The molecule has 35 heavy (non-hydrogen) atoms. The van der Waals surface area contributed by atoms with Gasteiger partial charge in [0.1, 0.15) is 0 Å². The lowest BCUT2D eigenvalue weighted by Gasteiger charge is -2.11. The van der Waals surface area contributed by atoms with E-state index in [1.54, 1.807) is 42.5 Å². The molecule has 6 nitrogen and oxygen atoms in total. The van der Waals surface area contributed by atoms with Crippen LogP contribution < -0.4 is 10.6 Å². The molecule has 0 aliphatic rings. The molecule has 0 bridgehead atoms. The van der Waals surface area contributed by atoms with Crippen LogP contribution in [0.15, 0.2) is 83.8 Å². The van der Waals surface area contributed by atoms with Gasteiger partial charge in [0.15, 0.2) is 0 Å². The van der Waals surface area contributed by atoms with Crippen LogP contribution in [-0.2, 0) is 4.79 Å². The molecule has 4 aromatic rings. The Hall–Kier alpha value is -4.10. The van der Waals surface area contributed by atoms with Crippen LogP contribution >= 0.6 is 11.8 Å². The van der Waals surface area contributed by atoms with E-state index in [0.717, 1.165) is 21.7 Å². The second-order valence-electron chi connectivity index (χ2n) is 8.15. The third-order valence-corrected chi connectivity index (χ3v) is 6.53. The number of anilines is 2. The number of carboxylic acid groups (broad SMARTS) is 1. The van der Waals surface area contributed by atoms with Crippen molar-refractivity contribution in [2.24, 2.45) is 0 Å². The Morgan fingerprint density at radius 3 is 2.17 bits per heavy atom. The van der Waals surface area contributed by atoms with Crippen LogP contribution in [0, 0.1) is 13.8 Å². The third-order valence-electron chi connectivity index (χ3n) is 5.52. The molecule has 0 heterocycles. The maximum absolute atomic E-state index is 13.0. The Balaban J connectivity index is 1.40. The topological polar surface area (TPSA) is 95.5 Å². The highest BCUT2D eigenvalue weighted by Gasteiger charge is 2.16. The van der Waals surface area contributed by atoms with E-state index in [1.807, 2.05) is 44.2 Å². The van der Waals surface area contributed by atoms with Crippen LogP contribution in [0.5, 0.6) is 0 Å². The van der Waals surface area contributed by atoms with Crippen molar-refractivity contribution in [3.63, 3.8) is 0 Å². The molecule has 176 valence electrons. The standard InChI is InChI=1S/C28H24N2O4S/c1-17-9-14-24(18(2)15-17)30-25(31)16-35-21-12-10-20(11-13-21)29-27(32)22-7-3-5-19-6-4-8-23(26(19)22)28(33)34/h3-15H,16H2,1-2H3,(H,29,32)(H,30,31)(H,33,34). The number of benzene rings is 4. The van der Waals surface area contributed by atoms with Crippen molar-refractivity contribution in [2.45, 2.75) is 18.7 Å². The first-order valence-corrected chi connectivity index (χ1v) is 12.0. The summed E-state index contributed by atoms with van der Waals surface area (Å²) in [6, 6.07) is 23.1. The molecule has 0 aliphatic heterocycles. The fourth-order valence-electron chi connectivity index (χ4n) is 3.83. The number of hydrogen-bond donors (Lipinski definition) is 3. The summed E-state index contributed by atoms with van der Waals surface area (Å²) in [4.78, 5) is 37.9. The van der Waals surface area contributed by atoms with Crippen molar-refractivity contribution in [1.29, 1.82) is 0 Å². The number of aromatic carboxylic acids is 1. The Labute approximate surface area is 207 Å². The van der Waals surface area contributed by atoms with Crippen molar-refractivity contribution >= 4 is 51.7 Å². The molecule has 0 atom stereocenters. The summed E-state index contributed by atoms with van der Waals surface area (Å²) in [6.45, 7) is 3.97. The van der Waals surface area contributed by atoms with E-state index in [4.69, 9.17) is 0 Å². The molecule has 3 N–H and O–H groups in total. The summed E-state index contributed by atoms with van der Waals surface area (Å²) in [5.74, 6) is -1.31. The number of thioether (sulfide) groups is 1. The quantitative estimate of drug-likeness (QED) is 0.274. The smallest absolute Gasteiger partial charge is 0.336 e. The summed E-state index contributed by atoms with van der Waals surface area (Å²) in [5, 5.41) is 16.4. The fourth-order valence-corrected chi connectivity index (χ4v) is 4.53. The van der Waals surface area contributed by atoms with E-state index in [0.29, 0.717) is 22.0 Å². The van der Waals surface area contributed by atoms with Gasteiger partial charge in [0, 0.05) is 27.2 Å². The van der Waals surface area contributed by atoms with E-state index in [-0.39, 0.29) is 17.2 Å². The van der Waals surface area contributed by atoms with E-state index in [9.17, 15) is 19.5 Å². The molecule has 4 aromatic carbocycles. The van der Waals surface area contributed by atoms with E-state index in [1.165, 1.54) is 17.8 Å². The zero-order valence-electron chi connectivity index (χ0n) is 19.3. The summed E-state index contributed by atoms with van der Waals surface area (Å²) in [7, 11) is 0. The van der Waals surface area contributed by atoms with Crippen molar-refractivity contribution in [3.05, 3.63) is 101 Å². The summed E-state index contributed by atoms with van der Waals surface area (Å²) < 4.78 is 0. The maximum atomic E-state index is 13.0. The molecule has 0 saturated carbocycles. The highest BCUT2D eigenvalue weighted by atomic mass is 32.2. The van der Waals surface area contributed by atoms with Gasteiger partial charge in [-0.1, -0.05) is 42.0 Å². The predicted molar refractivity (Wildman–Crippen MR) is 141 cm³/mol. The van der Waals surface area contributed by atoms with Gasteiger partial charge in [-0.3, -0.25) is 9.59 Å². The lowest BCUT2D eigenvalue weighted by Crippen LogP contribution is -2.15. The minimum Gasteiger partial charge on any atom is -0.478 e. The Morgan fingerprint density at radius 2 is 1.51 bits per heavy atom. The summed E-state index contributed by atoms with van der Waals surface area (Å²) in [6.07, 6.45) is 0. The van der Waals surface area contributed by atoms with Gasteiger partial charge in [0.05, 0.1) is 11.3 Å². The lowest BCUT2D eigenvalue weighted by molar-refractivity contribution is -0.113. The number of rotatable bonds is 7. The molecule has 0 unspecified atom stereocenters. The SMILES string of the molecule is Cc1ccc(NC(=O)CSc2ccc(NC(=O)c3cccc4cccc(C(=O)O)c34)cc2)c(C)c1. The Kier molecular flexibility index (Phi) is 7.17. The molecule has 0 spiro atoms. The maximum Gasteiger partial charge on any atom is 0.336 e. The van der Waals surface area contributed by atoms with Crippen molar-refractivity contribution in [3.8, 4) is 0 Å². The molecular formula is C28H24N2O4S. The minimum absolute atomic E-state index is 0.0825. The molecule has 2 amide bonds. The van der Waals surface area contributed by atoms with Gasteiger partial charge in [-0.15, -0.1) is 11.8 Å². The first-order valence-electron chi connectivity index (χ1n) is 11.0. The van der Waals surface area contributed by atoms with E-state index < -0.39 is 11.9 Å². The van der Waals surface area contributed by atoms with Gasteiger partial charge < -0.3 is 15.7 Å². The van der Waals surface area contributed by atoms with Gasteiger partial charge in [-0.05, 0) is 67.3 Å². The van der Waals surface area contributed by atoms with Gasteiger partial charge in [-0.25, -0.2) is 4.79 Å². The molecule has 0 aromatic heterocycles. The molecule has 0 radical (unpaired) electrons. The van der Waals surface area contributed by atoms with Gasteiger partial charge >= 0.3 is 5.97 Å². The van der Waals surface area contributed by atoms with E-state index in [2.05, 4.69) is 10.6 Å². The monoisotopic (exact) mass is 484 g/mol. The zero-order valence-corrected chi connectivity index (χ0v) is 20.1. The first-order chi connectivity index (χ1) is 16.8. The third kappa shape index (κ3) is 5.70. The molecule has 4 rings (SSSR count). The largest absolute Gasteiger partial charge is 0.478 e. The normalized spacial score (nSPS) is 10.7. The minimum atomic E-state index is -1.08. The van der Waals surface area contributed by atoms with Gasteiger partial charge in [0.2, 0.25) is 5.91 Å².